The quantitative estimate of drug-likeness (QED) is 0.811. The molecule has 1 atom stereocenters. The van der Waals surface area contributed by atoms with Crippen LogP contribution in [0.1, 0.15) is 38.5 Å². The van der Waals surface area contributed by atoms with E-state index in [1.165, 1.54) is 58.2 Å². The lowest BCUT2D eigenvalue weighted by Gasteiger charge is -2.38. The molecule has 2 N–H and O–H groups in total. The summed E-state index contributed by atoms with van der Waals surface area (Å²) in [6.07, 6.45) is 7.85. The fraction of sp³-hybridized carbons (Fsp3) is 1.00. The highest BCUT2D eigenvalue weighted by atomic mass is 15.2. The molecule has 0 aromatic rings. The molecular formula is C14H29N3. The van der Waals surface area contributed by atoms with E-state index in [4.69, 9.17) is 5.73 Å². The van der Waals surface area contributed by atoms with Crippen molar-refractivity contribution < 1.29 is 0 Å². The Morgan fingerprint density at radius 2 is 1.88 bits per heavy atom. The first kappa shape index (κ1) is 13.3. The third-order valence-electron chi connectivity index (χ3n) is 4.63. The third kappa shape index (κ3) is 3.94. The molecule has 0 amide bonds. The van der Waals surface area contributed by atoms with E-state index in [0.29, 0.717) is 6.04 Å². The van der Waals surface area contributed by atoms with E-state index in [9.17, 15) is 0 Å². The van der Waals surface area contributed by atoms with Crippen molar-refractivity contribution >= 4 is 0 Å². The van der Waals surface area contributed by atoms with Crippen LogP contribution in [0.2, 0.25) is 0 Å². The van der Waals surface area contributed by atoms with Gasteiger partial charge in [-0.3, -0.25) is 0 Å². The number of piperidine rings is 1. The van der Waals surface area contributed by atoms with Crippen LogP contribution in [-0.4, -0.2) is 55.6 Å². The second-order valence-corrected chi connectivity index (χ2v) is 6.28. The first-order valence-corrected chi connectivity index (χ1v) is 7.29. The summed E-state index contributed by atoms with van der Waals surface area (Å²) in [6.45, 7) is 3.86. The molecule has 1 unspecified atom stereocenters. The molecule has 2 aliphatic rings. The van der Waals surface area contributed by atoms with Crippen LogP contribution < -0.4 is 5.73 Å². The minimum absolute atomic E-state index is 0.473. The molecule has 0 aromatic heterocycles. The van der Waals surface area contributed by atoms with Gasteiger partial charge in [-0.15, -0.1) is 0 Å². The van der Waals surface area contributed by atoms with Crippen LogP contribution >= 0.6 is 0 Å². The molecule has 17 heavy (non-hydrogen) atoms. The van der Waals surface area contributed by atoms with Gasteiger partial charge in [0.15, 0.2) is 0 Å². The summed E-state index contributed by atoms with van der Waals surface area (Å²) in [4.78, 5) is 5.09. The van der Waals surface area contributed by atoms with Crippen molar-refractivity contribution in [3.63, 3.8) is 0 Å². The molecule has 100 valence electrons. The Hall–Kier alpha value is -0.120. The molecule has 1 saturated heterocycles. The minimum atomic E-state index is 0.473. The molecule has 3 nitrogen and oxygen atoms in total. The van der Waals surface area contributed by atoms with E-state index >= 15 is 0 Å². The van der Waals surface area contributed by atoms with E-state index in [1.54, 1.807) is 0 Å². The number of nitrogens with zero attached hydrogens (tertiary/aromatic N) is 2. The van der Waals surface area contributed by atoms with Crippen LogP contribution in [0.3, 0.4) is 0 Å². The average molecular weight is 239 g/mol. The summed E-state index contributed by atoms with van der Waals surface area (Å²) >= 11 is 0. The van der Waals surface area contributed by atoms with Crippen LogP contribution in [0, 0.1) is 5.92 Å². The van der Waals surface area contributed by atoms with Gasteiger partial charge >= 0.3 is 0 Å². The molecular weight excluding hydrogens is 210 g/mol. The maximum absolute atomic E-state index is 5.97. The van der Waals surface area contributed by atoms with Crippen molar-refractivity contribution in [1.29, 1.82) is 0 Å². The van der Waals surface area contributed by atoms with Crippen molar-refractivity contribution in [2.45, 2.75) is 50.6 Å². The van der Waals surface area contributed by atoms with E-state index in [-0.39, 0.29) is 0 Å². The first-order valence-electron chi connectivity index (χ1n) is 7.29. The summed E-state index contributed by atoms with van der Waals surface area (Å²) in [7, 11) is 4.57. The standard InChI is InChI=1S/C14H29N3/c1-16-9-3-4-12(10-16)11-17(2)14-7-5-13(15)6-8-14/h12-14H,3-11,15H2,1-2H3. The van der Waals surface area contributed by atoms with Gasteiger partial charge in [-0.2, -0.15) is 0 Å². The van der Waals surface area contributed by atoms with Gasteiger partial charge in [0, 0.05) is 25.2 Å². The van der Waals surface area contributed by atoms with Gasteiger partial charge in [0.2, 0.25) is 0 Å². The predicted octanol–water partition coefficient (Wildman–Crippen LogP) is 1.53. The lowest BCUT2D eigenvalue weighted by atomic mass is 9.90. The Morgan fingerprint density at radius 1 is 1.18 bits per heavy atom. The molecule has 1 aliphatic carbocycles. The third-order valence-corrected chi connectivity index (χ3v) is 4.63. The Kier molecular flexibility index (Phi) is 4.83. The van der Waals surface area contributed by atoms with Gasteiger partial charge < -0.3 is 15.5 Å². The van der Waals surface area contributed by atoms with E-state index in [2.05, 4.69) is 23.9 Å². The SMILES string of the molecule is CN1CCCC(CN(C)C2CCC(N)CC2)C1. The summed E-state index contributed by atoms with van der Waals surface area (Å²) < 4.78 is 0. The molecule has 0 bridgehead atoms. The van der Waals surface area contributed by atoms with Crippen molar-refractivity contribution in [1.82, 2.24) is 9.80 Å². The fourth-order valence-corrected chi connectivity index (χ4v) is 3.52. The van der Waals surface area contributed by atoms with E-state index in [0.717, 1.165) is 12.0 Å². The Morgan fingerprint density at radius 3 is 2.53 bits per heavy atom. The van der Waals surface area contributed by atoms with Gasteiger partial charge in [-0.05, 0) is 65.1 Å². The molecule has 1 aliphatic heterocycles. The lowest BCUT2D eigenvalue weighted by molar-refractivity contribution is 0.121. The molecule has 2 fully saturated rings. The smallest absolute Gasteiger partial charge is 0.00934 e. The molecule has 1 saturated carbocycles. The van der Waals surface area contributed by atoms with Crippen LogP contribution in [0.15, 0.2) is 0 Å². The minimum Gasteiger partial charge on any atom is -0.328 e. The zero-order valence-corrected chi connectivity index (χ0v) is 11.6. The van der Waals surface area contributed by atoms with Crippen molar-refractivity contribution in [3.8, 4) is 0 Å². The molecule has 0 radical (unpaired) electrons. The molecule has 0 aromatic carbocycles. The first-order chi connectivity index (χ1) is 8.15. The summed E-state index contributed by atoms with van der Waals surface area (Å²) in [6, 6.07) is 1.27. The van der Waals surface area contributed by atoms with Crippen LogP contribution in [-0.2, 0) is 0 Å². The topological polar surface area (TPSA) is 32.5 Å². The molecule has 3 heteroatoms. The lowest BCUT2D eigenvalue weighted by Crippen LogP contribution is -2.44. The van der Waals surface area contributed by atoms with Crippen LogP contribution in [0.5, 0.6) is 0 Å². The van der Waals surface area contributed by atoms with Crippen LogP contribution in [0.4, 0.5) is 0 Å². The zero-order chi connectivity index (χ0) is 12.3. The highest BCUT2D eigenvalue weighted by Crippen LogP contribution is 2.23. The van der Waals surface area contributed by atoms with Gasteiger partial charge in [0.25, 0.3) is 0 Å². The van der Waals surface area contributed by atoms with Gasteiger partial charge in [0.05, 0.1) is 0 Å². The number of nitrogens with two attached hydrogens (primary N) is 1. The molecule has 0 spiro atoms. The number of likely N-dealkylation sites (tertiary alicyclic amines) is 1. The van der Waals surface area contributed by atoms with Crippen molar-refractivity contribution in [3.05, 3.63) is 0 Å². The second kappa shape index (κ2) is 6.17. The summed E-state index contributed by atoms with van der Waals surface area (Å²) in [5, 5.41) is 0. The fourth-order valence-electron chi connectivity index (χ4n) is 3.52. The van der Waals surface area contributed by atoms with E-state index in [1.807, 2.05) is 0 Å². The highest BCUT2D eigenvalue weighted by molar-refractivity contribution is 4.82. The second-order valence-electron chi connectivity index (χ2n) is 6.28. The summed E-state index contributed by atoms with van der Waals surface area (Å²) in [5.41, 5.74) is 5.97. The monoisotopic (exact) mass is 239 g/mol. The Balaban J connectivity index is 1.74. The molecule has 1 heterocycles. The zero-order valence-electron chi connectivity index (χ0n) is 11.6. The Labute approximate surface area is 106 Å². The predicted molar refractivity (Wildman–Crippen MR) is 73.1 cm³/mol. The highest BCUT2D eigenvalue weighted by Gasteiger charge is 2.25. The van der Waals surface area contributed by atoms with Crippen molar-refractivity contribution in [2.24, 2.45) is 11.7 Å². The largest absolute Gasteiger partial charge is 0.328 e. The van der Waals surface area contributed by atoms with Crippen LogP contribution in [0.25, 0.3) is 0 Å². The van der Waals surface area contributed by atoms with Gasteiger partial charge in [-0.1, -0.05) is 0 Å². The maximum atomic E-state index is 5.97. The average Bonchev–Trinajstić information content (AvgIpc) is 2.29. The van der Waals surface area contributed by atoms with E-state index < -0.39 is 0 Å². The van der Waals surface area contributed by atoms with Gasteiger partial charge in [0.1, 0.15) is 0 Å². The Bertz CT molecular complexity index is 224. The number of hydrogen-bond acceptors (Lipinski definition) is 3. The number of hydrogen-bond donors (Lipinski definition) is 1. The molecule has 2 rings (SSSR count). The maximum Gasteiger partial charge on any atom is 0.00934 e. The number of rotatable bonds is 3. The van der Waals surface area contributed by atoms with Gasteiger partial charge in [-0.25, -0.2) is 0 Å². The summed E-state index contributed by atoms with van der Waals surface area (Å²) in [5.74, 6) is 0.884. The van der Waals surface area contributed by atoms with Crippen molar-refractivity contribution in [2.75, 3.05) is 33.7 Å². The normalized spacial score (nSPS) is 36.4.